The molecule has 0 aromatic heterocycles. The summed E-state index contributed by atoms with van der Waals surface area (Å²) in [5, 5.41) is 0. The van der Waals surface area contributed by atoms with Crippen LogP contribution in [0.25, 0.3) is 0 Å². The van der Waals surface area contributed by atoms with Gasteiger partial charge >= 0.3 is 0 Å². The summed E-state index contributed by atoms with van der Waals surface area (Å²) in [6, 6.07) is 2.94. The van der Waals surface area contributed by atoms with Crippen LogP contribution in [0.4, 0.5) is 4.39 Å². The van der Waals surface area contributed by atoms with Crippen molar-refractivity contribution < 1.29 is 9.13 Å². The predicted octanol–water partition coefficient (Wildman–Crippen LogP) is 2.34. The molecule has 4 heteroatoms. The molecule has 2 N–H and O–H groups in total. The quantitative estimate of drug-likeness (QED) is 0.724. The molecular formula is C10H13ClFNO. The van der Waals surface area contributed by atoms with Gasteiger partial charge in [0.15, 0.2) is 0 Å². The number of hydrogen-bond acceptors (Lipinski definition) is 2. The van der Waals surface area contributed by atoms with Gasteiger partial charge in [0, 0.05) is 18.0 Å². The maximum Gasteiger partial charge on any atom is 0.131 e. The summed E-state index contributed by atoms with van der Waals surface area (Å²) in [7, 11) is 0. The van der Waals surface area contributed by atoms with Gasteiger partial charge < -0.3 is 10.5 Å². The second-order valence-corrected chi connectivity index (χ2v) is 3.35. The lowest BCUT2D eigenvalue weighted by Gasteiger charge is -2.24. The summed E-state index contributed by atoms with van der Waals surface area (Å²) in [6.07, 6.45) is 0.688. The Labute approximate surface area is 88.7 Å². The number of halogens is 2. The van der Waals surface area contributed by atoms with Gasteiger partial charge in [-0.15, -0.1) is 12.4 Å². The first kappa shape index (κ1) is 11.3. The van der Waals surface area contributed by atoms with Crippen molar-refractivity contribution in [3.8, 4) is 5.75 Å². The number of aryl methyl sites for hydroxylation is 1. The van der Waals surface area contributed by atoms with Gasteiger partial charge in [-0.25, -0.2) is 4.39 Å². The maximum atomic E-state index is 13.3. The minimum Gasteiger partial charge on any atom is -0.493 e. The van der Waals surface area contributed by atoms with Crippen molar-refractivity contribution in [2.24, 2.45) is 5.73 Å². The van der Waals surface area contributed by atoms with Gasteiger partial charge in [-0.3, -0.25) is 0 Å². The van der Waals surface area contributed by atoms with Crippen LogP contribution in [0, 0.1) is 12.7 Å². The first-order chi connectivity index (χ1) is 6.20. The van der Waals surface area contributed by atoms with Gasteiger partial charge in [-0.2, -0.15) is 0 Å². The van der Waals surface area contributed by atoms with Crippen LogP contribution in [0.5, 0.6) is 5.75 Å². The average molecular weight is 218 g/mol. The highest BCUT2D eigenvalue weighted by Gasteiger charge is 2.23. The van der Waals surface area contributed by atoms with E-state index in [1.807, 2.05) is 6.92 Å². The molecule has 1 heterocycles. The number of nitrogens with two attached hydrogens (primary N) is 1. The molecule has 78 valence electrons. The van der Waals surface area contributed by atoms with E-state index < -0.39 is 0 Å². The fraction of sp³-hybridized carbons (Fsp3) is 0.400. The second kappa shape index (κ2) is 4.15. The molecule has 0 saturated heterocycles. The zero-order chi connectivity index (χ0) is 9.42. The van der Waals surface area contributed by atoms with E-state index in [9.17, 15) is 4.39 Å². The Hall–Kier alpha value is -0.800. The van der Waals surface area contributed by atoms with Crippen molar-refractivity contribution >= 4 is 12.4 Å². The average Bonchev–Trinajstić information content (AvgIpc) is 2.12. The van der Waals surface area contributed by atoms with Crippen molar-refractivity contribution in [2.45, 2.75) is 19.4 Å². The predicted molar refractivity (Wildman–Crippen MR) is 55.4 cm³/mol. The molecule has 0 spiro atoms. The lowest BCUT2D eigenvalue weighted by molar-refractivity contribution is 0.262. The van der Waals surface area contributed by atoms with Crippen molar-refractivity contribution in [3.63, 3.8) is 0 Å². The van der Waals surface area contributed by atoms with Crippen LogP contribution in [0.2, 0.25) is 0 Å². The monoisotopic (exact) mass is 217 g/mol. The Morgan fingerprint density at radius 3 is 2.86 bits per heavy atom. The first-order valence-electron chi connectivity index (χ1n) is 4.37. The SMILES string of the molecule is Cc1ccc(F)c2c1OCC[C@H]2N.Cl. The molecule has 0 amide bonds. The molecular weight excluding hydrogens is 205 g/mol. The molecule has 0 saturated carbocycles. The standard InChI is InChI=1S/C10H12FNO.ClH/c1-6-2-3-7(11)9-8(12)4-5-13-10(6)9;/h2-3,8H,4-5,12H2,1H3;1H/t8-;/m1./s1. The Kier molecular flexibility index (Phi) is 3.34. The van der Waals surface area contributed by atoms with Crippen molar-refractivity contribution in [1.29, 1.82) is 0 Å². The van der Waals surface area contributed by atoms with Crippen LogP contribution < -0.4 is 10.5 Å². The lowest BCUT2D eigenvalue weighted by atomic mass is 9.98. The third kappa shape index (κ3) is 1.70. The van der Waals surface area contributed by atoms with Crippen molar-refractivity contribution in [3.05, 3.63) is 29.1 Å². The lowest BCUT2D eigenvalue weighted by Crippen LogP contribution is -2.22. The zero-order valence-corrected chi connectivity index (χ0v) is 8.73. The minimum absolute atomic E-state index is 0. The zero-order valence-electron chi connectivity index (χ0n) is 7.92. The molecule has 1 aliphatic rings. The summed E-state index contributed by atoms with van der Waals surface area (Å²) in [6.45, 7) is 2.48. The normalized spacial score (nSPS) is 19.2. The number of fused-ring (bicyclic) bond motifs is 1. The Morgan fingerprint density at radius 2 is 2.21 bits per heavy atom. The summed E-state index contributed by atoms with van der Waals surface area (Å²) in [4.78, 5) is 0. The molecule has 14 heavy (non-hydrogen) atoms. The van der Waals surface area contributed by atoms with Gasteiger partial charge in [-0.05, 0) is 18.6 Å². The summed E-state index contributed by atoms with van der Waals surface area (Å²) in [5.74, 6) is 0.381. The largest absolute Gasteiger partial charge is 0.493 e. The highest BCUT2D eigenvalue weighted by Crippen LogP contribution is 2.35. The summed E-state index contributed by atoms with van der Waals surface area (Å²) < 4.78 is 18.7. The van der Waals surface area contributed by atoms with Gasteiger partial charge in [0.2, 0.25) is 0 Å². The van der Waals surface area contributed by atoms with Crippen LogP contribution in [0.1, 0.15) is 23.6 Å². The van der Waals surface area contributed by atoms with Gasteiger partial charge in [0.1, 0.15) is 11.6 Å². The number of ether oxygens (including phenoxy) is 1. The molecule has 0 unspecified atom stereocenters. The highest BCUT2D eigenvalue weighted by molar-refractivity contribution is 5.85. The molecule has 0 aliphatic carbocycles. The molecule has 1 aromatic rings. The van der Waals surface area contributed by atoms with E-state index >= 15 is 0 Å². The number of hydrogen-bond donors (Lipinski definition) is 1. The second-order valence-electron chi connectivity index (χ2n) is 3.35. The van der Waals surface area contributed by atoms with Gasteiger partial charge in [-0.1, -0.05) is 6.07 Å². The molecule has 1 aromatic carbocycles. The van der Waals surface area contributed by atoms with Crippen molar-refractivity contribution in [1.82, 2.24) is 0 Å². The first-order valence-corrected chi connectivity index (χ1v) is 4.37. The van der Waals surface area contributed by atoms with Crippen LogP contribution in [0.15, 0.2) is 12.1 Å². The van der Waals surface area contributed by atoms with E-state index in [1.54, 1.807) is 6.07 Å². The van der Waals surface area contributed by atoms with Gasteiger partial charge in [0.05, 0.1) is 6.61 Å². The number of rotatable bonds is 0. The fourth-order valence-electron chi connectivity index (χ4n) is 1.65. The molecule has 2 rings (SSSR count). The Balaban J connectivity index is 0.000000980. The summed E-state index contributed by atoms with van der Waals surface area (Å²) in [5.41, 5.74) is 7.28. The summed E-state index contributed by atoms with van der Waals surface area (Å²) >= 11 is 0. The fourth-order valence-corrected chi connectivity index (χ4v) is 1.65. The minimum atomic E-state index is -0.257. The molecule has 2 nitrogen and oxygen atoms in total. The topological polar surface area (TPSA) is 35.2 Å². The van der Waals surface area contributed by atoms with E-state index in [4.69, 9.17) is 10.5 Å². The smallest absolute Gasteiger partial charge is 0.131 e. The van der Waals surface area contributed by atoms with Gasteiger partial charge in [0.25, 0.3) is 0 Å². The van der Waals surface area contributed by atoms with Crippen molar-refractivity contribution in [2.75, 3.05) is 6.61 Å². The van der Waals surface area contributed by atoms with E-state index in [2.05, 4.69) is 0 Å². The third-order valence-electron chi connectivity index (χ3n) is 2.39. The van der Waals surface area contributed by atoms with E-state index in [1.165, 1.54) is 6.07 Å². The van der Waals surface area contributed by atoms with E-state index in [0.29, 0.717) is 24.3 Å². The number of benzene rings is 1. The van der Waals surface area contributed by atoms with Crippen LogP contribution in [-0.2, 0) is 0 Å². The molecule has 0 radical (unpaired) electrons. The molecule has 0 fully saturated rings. The van der Waals surface area contributed by atoms with E-state index in [-0.39, 0.29) is 24.3 Å². The highest BCUT2D eigenvalue weighted by atomic mass is 35.5. The van der Waals surface area contributed by atoms with E-state index in [0.717, 1.165) is 5.56 Å². The van der Waals surface area contributed by atoms with Crippen LogP contribution >= 0.6 is 12.4 Å². The van der Waals surface area contributed by atoms with Crippen LogP contribution in [0.3, 0.4) is 0 Å². The van der Waals surface area contributed by atoms with Crippen LogP contribution in [-0.4, -0.2) is 6.61 Å². The molecule has 1 aliphatic heterocycles. The Bertz CT molecular complexity index is 343. The third-order valence-corrected chi connectivity index (χ3v) is 2.39. The molecule has 0 bridgehead atoms. The Morgan fingerprint density at radius 1 is 1.50 bits per heavy atom. The maximum absolute atomic E-state index is 13.3. The molecule has 1 atom stereocenters.